The van der Waals surface area contributed by atoms with Crippen LogP contribution in [0.15, 0.2) is 28.9 Å². The van der Waals surface area contributed by atoms with Crippen LogP contribution in [0.2, 0.25) is 0 Å². The maximum absolute atomic E-state index is 9.29. The summed E-state index contributed by atoms with van der Waals surface area (Å²) >= 11 is 0. The number of hydrogen-bond donors (Lipinski definition) is 1. The molecular weight excluding hydrogens is 140 g/mol. The van der Waals surface area contributed by atoms with E-state index in [1.54, 1.807) is 18.4 Å². The SMILES string of the molecule is Cc1coc2c(O)cccc12. The number of hydrogen-bond acceptors (Lipinski definition) is 2. The summed E-state index contributed by atoms with van der Waals surface area (Å²) in [5, 5.41) is 10.3. The van der Waals surface area contributed by atoms with Crippen LogP contribution >= 0.6 is 0 Å². The van der Waals surface area contributed by atoms with Gasteiger partial charge in [0.15, 0.2) is 11.3 Å². The van der Waals surface area contributed by atoms with Crippen molar-refractivity contribution in [3.8, 4) is 5.75 Å². The first kappa shape index (κ1) is 6.28. The molecular formula is C9H8O2. The molecule has 1 aromatic carbocycles. The van der Waals surface area contributed by atoms with Gasteiger partial charge < -0.3 is 9.52 Å². The van der Waals surface area contributed by atoms with Gasteiger partial charge in [0.1, 0.15) is 0 Å². The number of aryl methyl sites for hydroxylation is 1. The van der Waals surface area contributed by atoms with Crippen LogP contribution < -0.4 is 0 Å². The molecule has 0 amide bonds. The standard InChI is InChI=1S/C9H8O2/c1-6-5-11-9-7(6)3-2-4-8(9)10/h2-5,10H,1H3. The Morgan fingerprint density at radius 1 is 1.36 bits per heavy atom. The van der Waals surface area contributed by atoms with Crippen LogP contribution in [0.25, 0.3) is 11.0 Å². The molecule has 0 atom stereocenters. The molecule has 0 radical (unpaired) electrons. The van der Waals surface area contributed by atoms with Gasteiger partial charge in [-0.25, -0.2) is 0 Å². The van der Waals surface area contributed by atoms with Gasteiger partial charge >= 0.3 is 0 Å². The van der Waals surface area contributed by atoms with Gasteiger partial charge in [-0.1, -0.05) is 12.1 Å². The smallest absolute Gasteiger partial charge is 0.175 e. The molecule has 2 heteroatoms. The number of para-hydroxylation sites is 1. The van der Waals surface area contributed by atoms with Gasteiger partial charge in [0.25, 0.3) is 0 Å². The first-order valence-corrected chi connectivity index (χ1v) is 3.45. The van der Waals surface area contributed by atoms with E-state index < -0.39 is 0 Å². The zero-order valence-electron chi connectivity index (χ0n) is 6.16. The number of fused-ring (bicyclic) bond motifs is 1. The van der Waals surface area contributed by atoms with E-state index in [1.165, 1.54) is 0 Å². The third-order valence-electron chi connectivity index (χ3n) is 1.77. The maximum atomic E-state index is 9.29. The number of phenols is 1. The molecule has 11 heavy (non-hydrogen) atoms. The van der Waals surface area contributed by atoms with E-state index in [-0.39, 0.29) is 5.75 Å². The zero-order valence-corrected chi connectivity index (χ0v) is 6.16. The van der Waals surface area contributed by atoms with E-state index in [4.69, 9.17) is 4.42 Å². The second-order valence-corrected chi connectivity index (χ2v) is 2.57. The summed E-state index contributed by atoms with van der Waals surface area (Å²) in [6.45, 7) is 1.95. The number of aromatic hydroxyl groups is 1. The van der Waals surface area contributed by atoms with Gasteiger partial charge in [0, 0.05) is 5.39 Å². The molecule has 0 fully saturated rings. The van der Waals surface area contributed by atoms with Crippen molar-refractivity contribution in [3.05, 3.63) is 30.0 Å². The van der Waals surface area contributed by atoms with Crippen molar-refractivity contribution in [2.75, 3.05) is 0 Å². The normalized spacial score (nSPS) is 10.6. The van der Waals surface area contributed by atoms with Gasteiger partial charge in [0.2, 0.25) is 0 Å². The number of rotatable bonds is 0. The third kappa shape index (κ3) is 0.792. The molecule has 1 N–H and O–H groups in total. The Hall–Kier alpha value is -1.44. The maximum Gasteiger partial charge on any atom is 0.175 e. The van der Waals surface area contributed by atoms with Crippen LogP contribution in [0.3, 0.4) is 0 Å². The molecule has 2 nitrogen and oxygen atoms in total. The molecule has 56 valence electrons. The predicted molar refractivity (Wildman–Crippen MR) is 42.6 cm³/mol. The molecule has 0 aliphatic carbocycles. The number of phenolic OH excluding ortho intramolecular Hbond substituents is 1. The molecule has 0 aliphatic rings. The summed E-state index contributed by atoms with van der Waals surface area (Å²) in [4.78, 5) is 0. The number of benzene rings is 1. The van der Waals surface area contributed by atoms with E-state index in [9.17, 15) is 5.11 Å². The average molecular weight is 148 g/mol. The zero-order chi connectivity index (χ0) is 7.84. The lowest BCUT2D eigenvalue weighted by atomic mass is 10.2. The van der Waals surface area contributed by atoms with Crippen LogP contribution in [0.4, 0.5) is 0 Å². The van der Waals surface area contributed by atoms with Gasteiger partial charge in [-0.2, -0.15) is 0 Å². The molecule has 2 rings (SSSR count). The van der Waals surface area contributed by atoms with Crippen molar-refractivity contribution < 1.29 is 9.52 Å². The molecule has 2 aromatic rings. The van der Waals surface area contributed by atoms with Crippen molar-refractivity contribution in [3.63, 3.8) is 0 Å². The summed E-state index contributed by atoms with van der Waals surface area (Å²) in [6.07, 6.45) is 1.64. The average Bonchev–Trinajstić information content (AvgIpc) is 2.35. The van der Waals surface area contributed by atoms with E-state index in [2.05, 4.69) is 0 Å². The Bertz CT molecular complexity index is 387. The minimum Gasteiger partial charge on any atom is -0.504 e. The summed E-state index contributed by atoms with van der Waals surface area (Å²) in [6, 6.07) is 5.35. The largest absolute Gasteiger partial charge is 0.504 e. The fourth-order valence-corrected chi connectivity index (χ4v) is 1.17. The minimum atomic E-state index is 0.204. The second kappa shape index (κ2) is 2.02. The molecule has 0 spiro atoms. The highest BCUT2D eigenvalue weighted by molar-refractivity contribution is 5.85. The lowest BCUT2D eigenvalue weighted by Gasteiger charge is -1.91. The van der Waals surface area contributed by atoms with Crippen molar-refractivity contribution in [2.24, 2.45) is 0 Å². The summed E-state index contributed by atoms with van der Waals surface area (Å²) < 4.78 is 5.13. The van der Waals surface area contributed by atoms with Crippen molar-refractivity contribution in [1.29, 1.82) is 0 Å². The molecule has 0 saturated carbocycles. The quantitative estimate of drug-likeness (QED) is 0.622. The van der Waals surface area contributed by atoms with Gasteiger partial charge in [-0.05, 0) is 18.6 Å². The van der Waals surface area contributed by atoms with Gasteiger partial charge in [-0.15, -0.1) is 0 Å². The Kier molecular flexibility index (Phi) is 1.15. The summed E-state index contributed by atoms with van der Waals surface area (Å²) in [5.74, 6) is 0.204. The fourth-order valence-electron chi connectivity index (χ4n) is 1.17. The number of furan rings is 1. The van der Waals surface area contributed by atoms with Gasteiger partial charge in [0.05, 0.1) is 6.26 Å². The molecule has 1 aromatic heterocycles. The Morgan fingerprint density at radius 3 is 2.91 bits per heavy atom. The minimum absolute atomic E-state index is 0.204. The molecule has 1 heterocycles. The highest BCUT2D eigenvalue weighted by atomic mass is 16.3. The van der Waals surface area contributed by atoms with E-state index in [1.807, 2.05) is 13.0 Å². The van der Waals surface area contributed by atoms with Crippen molar-refractivity contribution >= 4 is 11.0 Å². The Labute approximate surface area is 64.1 Å². The van der Waals surface area contributed by atoms with Crippen LogP contribution in [0, 0.1) is 6.92 Å². The fraction of sp³-hybridized carbons (Fsp3) is 0.111. The molecule has 0 unspecified atom stereocenters. The third-order valence-corrected chi connectivity index (χ3v) is 1.77. The Balaban J connectivity index is 2.94. The van der Waals surface area contributed by atoms with Crippen molar-refractivity contribution in [2.45, 2.75) is 6.92 Å². The summed E-state index contributed by atoms with van der Waals surface area (Å²) in [5.41, 5.74) is 1.63. The first-order valence-electron chi connectivity index (χ1n) is 3.45. The lowest BCUT2D eigenvalue weighted by Crippen LogP contribution is -1.67. The van der Waals surface area contributed by atoms with Crippen LogP contribution in [0.5, 0.6) is 5.75 Å². The summed E-state index contributed by atoms with van der Waals surface area (Å²) in [7, 11) is 0. The van der Waals surface area contributed by atoms with Crippen molar-refractivity contribution in [1.82, 2.24) is 0 Å². The van der Waals surface area contributed by atoms with E-state index >= 15 is 0 Å². The molecule has 0 saturated heterocycles. The highest BCUT2D eigenvalue weighted by Gasteiger charge is 2.04. The highest BCUT2D eigenvalue weighted by Crippen LogP contribution is 2.27. The van der Waals surface area contributed by atoms with Gasteiger partial charge in [-0.3, -0.25) is 0 Å². The first-order chi connectivity index (χ1) is 5.29. The van der Waals surface area contributed by atoms with E-state index in [0.717, 1.165) is 10.9 Å². The lowest BCUT2D eigenvalue weighted by molar-refractivity contribution is 0.465. The van der Waals surface area contributed by atoms with Crippen LogP contribution in [-0.4, -0.2) is 5.11 Å². The predicted octanol–water partition coefficient (Wildman–Crippen LogP) is 2.45. The van der Waals surface area contributed by atoms with Crippen LogP contribution in [-0.2, 0) is 0 Å². The van der Waals surface area contributed by atoms with Crippen LogP contribution in [0.1, 0.15) is 5.56 Å². The molecule has 0 bridgehead atoms. The topological polar surface area (TPSA) is 33.4 Å². The second-order valence-electron chi connectivity index (χ2n) is 2.57. The molecule has 0 aliphatic heterocycles. The van der Waals surface area contributed by atoms with E-state index in [0.29, 0.717) is 5.58 Å². The monoisotopic (exact) mass is 148 g/mol. The Morgan fingerprint density at radius 2 is 2.18 bits per heavy atom.